The van der Waals surface area contributed by atoms with E-state index >= 15 is 0 Å². The number of fused-ring (bicyclic) bond motifs is 1. The van der Waals surface area contributed by atoms with Crippen LogP contribution in [0.2, 0.25) is 0 Å². The number of nitrogens with one attached hydrogen (secondary N) is 2. The zero-order valence-electron chi connectivity index (χ0n) is 15.8. The highest BCUT2D eigenvalue weighted by Crippen LogP contribution is 2.35. The fraction of sp³-hybridized carbons (Fsp3) is 0.368. The van der Waals surface area contributed by atoms with Gasteiger partial charge in [-0.1, -0.05) is 19.9 Å². The molecular formula is C19H22N2O5S2. The standard InChI is InChI=1S/C19H22N2O5S2/c1-11(2)18-19(23)20-14-9-12(3)16(10-15(14)26-18)28(24,25)21-17(22)7-6-13-5-4-8-27-13/h4-5,8-11,18H,6-7H2,1-3H3,(H,20,23)(H,21,22)/t18-/m1/s1. The molecule has 1 aliphatic heterocycles. The summed E-state index contributed by atoms with van der Waals surface area (Å²) in [6.45, 7) is 5.29. The van der Waals surface area contributed by atoms with Crippen molar-refractivity contribution in [3.63, 3.8) is 0 Å². The molecule has 0 radical (unpaired) electrons. The lowest BCUT2D eigenvalue weighted by molar-refractivity contribution is -0.125. The summed E-state index contributed by atoms with van der Waals surface area (Å²) in [5, 5.41) is 4.65. The summed E-state index contributed by atoms with van der Waals surface area (Å²) in [5.41, 5.74) is 0.826. The maximum atomic E-state index is 12.7. The van der Waals surface area contributed by atoms with Gasteiger partial charge in [-0.05, 0) is 42.3 Å². The van der Waals surface area contributed by atoms with Crippen LogP contribution in [-0.2, 0) is 26.0 Å². The van der Waals surface area contributed by atoms with Gasteiger partial charge in [0, 0.05) is 17.4 Å². The first-order valence-corrected chi connectivity index (χ1v) is 11.2. The smallest absolute Gasteiger partial charge is 0.265 e. The number of rotatable bonds is 6. The van der Waals surface area contributed by atoms with Crippen molar-refractivity contribution in [2.45, 2.75) is 44.6 Å². The number of aryl methyl sites for hydroxylation is 2. The molecule has 0 saturated heterocycles. The van der Waals surface area contributed by atoms with Gasteiger partial charge in [-0.25, -0.2) is 13.1 Å². The predicted octanol–water partition coefficient (Wildman–Crippen LogP) is 2.85. The molecule has 0 saturated carbocycles. The predicted molar refractivity (Wildman–Crippen MR) is 107 cm³/mol. The molecule has 2 aromatic rings. The number of hydrogen-bond acceptors (Lipinski definition) is 6. The van der Waals surface area contributed by atoms with Crippen LogP contribution in [0, 0.1) is 12.8 Å². The first-order valence-electron chi connectivity index (χ1n) is 8.87. The summed E-state index contributed by atoms with van der Waals surface area (Å²) in [4.78, 5) is 25.2. The lowest BCUT2D eigenvalue weighted by Crippen LogP contribution is -2.40. The van der Waals surface area contributed by atoms with Gasteiger partial charge in [0.15, 0.2) is 6.10 Å². The first kappa shape index (κ1) is 20.3. The Morgan fingerprint density at radius 1 is 1.36 bits per heavy atom. The summed E-state index contributed by atoms with van der Waals surface area (Å²) in [5.74, 6) is -0.638. The summed E-state index contributed by atoms with van der Waals surface area (Å²) < 4.78 is 33.3. The van der Waals surface area contributed by atoms with Crippen LogP contribution in [0.5, 0.6) is 5.75 Å². The van der Waals surface area contributed by atoms with Crippen LogP contribution in [-0.4, -0.2) is 26.3 Å². The second-order valence-corrected chi connectivity index (χ2v) is 9.68. The SMILES string of the molecule is Cc1cc2c(cc1S(=O)(=O)NC(=O)CCc1cccs1)O[C@H](C(C)C)C(=O)N2. The van der Waals surface area contributed by atoms with E-state index in [4.69, 9.17) is 4.74 Å². The highest BCUT2D eigenvalue weighted by molar-refractivity contribution is 7.90. The molecule has 9 heteroatoms. The Bertz CT molecular complexity index is 998. The van der Waals surface area contributed by atoms with E-state index in [0.717, 1.165) is 4.88 Å². The molecule has 0 fully saturated rings. The normalized spacial score (nSPS) is 16.3. The van der Waals surface area contributed by atoms with Gasteiger partial charge in [-0.15, -0.1) is 11.3 Å². The van der Waals surface area contributed by atoms with Crippen molar-refractivity contribution >= 4 is 38.9 Å². The fourth-order valence-corrected chi connectivity index (χ4v) is 4.90. The number of amides is 2. The highest BCUT2D eigenvalue weighted by atomic mass is 32.2. The Labute approximate surface area is 168 Å². The van der Waals surface area contributed by atoms with Crippen molar-refractivity contribution < 1.29 is 22.7 Å². The average molecular weight is 423 g/mol. The molecule has 0 spiro atoms. The van der Waals surface area contributed by atoms with Crippen LogP contribution in [0.4, 0.5) is 5.69 Å². The molecule has 7 nitrogen and oxygen atoms in total. The van der Waals surface area contributed by atoms with Crippen molar-refractivity contribution in [2.24, 2.45) is 5.92 Å². The Hall–Kier alpha value is -2.39. The van der Waals surface area contributed by atoms with E-state index in [1.54, 1.807) is 6.92 Å². The van der Waals surface area contributed by atoms with E-state index in [9.17, 15) is 18.0 Å². The highest BCUT2D eigenvalue weighted by Gasteiger charge is 2.32. The number of benzene rings is 1. The van der Waals surface area contributed by atoms with Crippen LogP contribution >= 0.6 is 11.3 Å². The molecule has 2 N–H and O–H groups in total. The van der Waals surface area contributed by atoms with Gasteiger partial charge >= 0.3 is 0 Å². The maximum Gasteiger partial charge on any atom is 0.265 e. The minimum absolute atomic E-state index is 0.0469. The number of anilines is 1. The van der Waals surface area contributed by atoms with E-state index in [0.29, 0.717) is 17.7 Å². The third-order valence-electron chi connectivity index (χ3n) is 4.37. The Morgan fingerprint density at radius 3 is 2.75 bits per heavy atom. The molecule has 0 bridgehead atoms. The van der Waals surface area contributed by atoms with E-state index in [-0.39, 0.29) is 28.9 Å². The average Bonchev–Trinajstić information content (AvgIpc) is 3.11. The quantitative estimate of drug-likeness (QED) is 0.745. The monoisotopic (exact) mass is 422 g/mol. The summed E-state index contributed by atoms with van der Waals surface area (Å²) in [6, 6.07) is 6.67. The van der Waals surface area contributed by atoms with Gasteiger partial charge in [0.1, 0.15) is 5.75 Å². The van der Waals surface area contributed by atoms with Gasteiger partial charge in [0.25, 0.3) is 15.9 Å². The number of hydrogen-bond donors (Lipinski definition) is 2. The molecule has 1 aromatic carbocycles. The second kappa shape index (κ2) is 7.92. The summed E-state index contributed by atoms with van der Waals surface area (Å²) >= 11 is 1.52. The topological polar surface area (TPSA) is 102 Å². The van der Waals surface area contributed by atoms with Crippen LogP contribution in [0.1, 0.15) is 30.7 Å². The second-order valence-electron chi connectivity index (χ2n) is 6.99. The molecule has 150 valence electrons. The van der Waals surface area contributed by atoms with E-state index in [1.807, 2.05) is 31.4 Å². The lowest BCUT2D eigenvalue weighted by Gasteiger charge is -2.29. The van der Waals surface area contributed by atoms with Gasteiger partial charge in [-0.3, -0.25) is 9.59 Å². The number of thiophene rings is 1. The van der Waals surface area contributed by atoms with E-state index in [2.05, 4.69) is 10.0 Å². The third-order valence-corrected chi connectivity index (χ3v) is 6.82. The van der Waals surface area contributed by atoms with Crippen LogP contribution in [0.3, 0.4) is 0 Å². The van der Waals surface area contributed by atoms with Crippen molar-refractivity contribution in [2.75, 3.05) is 5.32 Å². The molecule has 1 aromatic heterocycles. The Kier molecular flexibility index (Phi) is 5.76. The number of carbonyl (C=O) groups is 2. The van der Waals surface area contributed by atoms with Crippen LogP contribution < -0.4 is 14.8 Å². The van der Waals surface area contributed by atoms with Crippen molar-refractivity contribution in [3.8, 4) is 5.75 Å². The van der Waals surface area contributed by atoms with Crippen LogP contribution in [0.25, 0.3) is 0 Å². The minimum atomic E-state index is -4.05. The number of sulfonamides is 1. The molecule has 1 atom stereocenters. The summed E-state index contributed by atoms with van der Waals surface area (Å²) in [7, 11) is -4.05. The van der Waals surface area contributed by atoms with Crippen molar-refractivity contribution in [1.82, 2.24) is 4.72 Å². The van der Waals surface area contributed by atoms with E-state index in [1.165, 1.54) is 23.5 Å². The van der Waals surface area contributed by atoms with Gasteiger partial charge < -0.3 is 10.1 Å². The molecule has 0 unspecified atom stereocenters. The zero-order valence-corrected chi connectivity index (χ0v) is 17.4. The minimum Gasteiger partial charge on any atom is -0.478 e. The Balaban J connectivity index is 1.79. The molecule has 3 rings (SSSR count). The molecule has 28 heavy (non-hydrogen) atoms. The first-order chi connectivity index (χ1) is 13.2. The summed E-state index contributed by atoms with van der Waals surface area (Å²) in [6.07, 6.45) is -0.148. The maximum absolute atomic E-state index is 12.7. The van der Waals surface area contributed by atoms with Gasteiger partial charge in [0.2, 0.25) is 5.91 Å². The zero-order chi connectivity index (χ0) is 20.5. The molecule has 0 aliphatic carbocycles. The Morgan fingerprint density at radius 2 is 2.11 bits per heavy atom. The van der Waals surface area contributed by atoms with Crippen LogP contribution in [0.15, 0.2) is 34.5 Å². The van der Waals surface area contributed by atoms with Gasteiger partial charge in [-0.2, -0.15) is 0 Å². The third kappa shape index (κ3) is 4.36. The fourth-order valence-electron chi connectivity index (χ4n) is 2.93. The molecule has 1 aliphatic rings. The largest absolute Gasteiger partial charge is 0.478 e. The molecular weight excluding hydrogens is 400 g/mol. The van der Waals surface area contributed by atoms with Gasteiger partial charge in [0.05, 0.1) is 10.6 Å². The lowest BCUT2D eigenvalue weighted by atomic mass is 10.0. The molecule has 2 heterocycles. The van der Waals surface area contributed by atoms with Crippen molar-refractivity contribution in [1.29, 1.82) is 0 Å². The number of ether oxygens (including phenoxy) is 1. The molecule has 2 amide bonds. The van der Waals surface area contributed by atoms with E-state index < -0.39 is 22.0 Å². The van der Waals surface area contributed by atoms with Crippen molar-refractivity contribution in [3.05, 3.63) is 40.1 Å². The number of carbonyl (C=O) groups excluding carboxylic acids is 2.